The Kier molecular flexibility index (Phi) is 5.26. The van der Waals surface area contributed by atoms with Crippen molar-refractivity contribution in [1.29, 1.82) is 0 Å². The second-order valence-electron chi connectivity index (χ2n) is 4.83. The molecule has 2 aromatic rings. The van der Waals surface area contributed by atoms with Gasteiger partial charge in [-0.25, -0.2) is 0 Å². The molecule has 0 aliphatic heterocycles. The molecule has 0 saturated heterocycles. The second kappa shape index (κ2) is 7.36. The van der Waals surface area contributed by atoms with E-state index in [-0.39, 0.29) is 11.4 Å². The third-order valence-corrected chi connectivity index (χ3v) is 3.52. The van der Waals surface area contributed by atoms with Crippen LogP contribution in [0.2, 0.25) is 0 Å². The van der Waals surface area contributed by atoms with Gasteiger partial charge in [0.15, 0.2) is 5.75 Å². The normalized spacial score (nSPS) is 11.0. The van der Waals surface area contributed by atoms with Gasteiger partial charge in [-0.1, -0.05) is 6.07 Å². The Morgan fingerprint density at radius 2 is 1.62 bits per heavy atom. The lowest BCUT2D eigenvalue weighted by molar-refractivity contribution is -0.385. The van der Waals surface area contributed by atoms with Crippen LogP contribution >= 0.6 is 0 Å². The molecule has 24 heavy (non-hydrogen) atoms. The fourth-order valence-corrected chi connectivity index (χ4v) is 2.32. The number of methoxy groups -OCH3 is 3. The highest BCUT2D eigenvalue weighted by Crippen LogP contribution is 2.34. The zero-order valence-corrected chi connectivity index (χ0v) is 13.6. The van der Waals surface area contributed by atoms with Crippen LogP contribution in [0.3, 0.4) is 0 Å². The van der Waals surface area contributed by atoms with Crippen molar-refractivity contribution in [3.8, 4) is 17.2 Å². The smallest absolute Gasteiger partial charge is 0.311 e. The number of benzene rings is 2. The summed E-state index contributed by atoms with van der Waals surface area (Å²) in [7, 11) is 4.47. The molecule has 0 aliphatic rings. The monoisotopic (exact) mass is 330 g/mol. The molecule has 0 spiro atoms. The highest BCUT2D eigenvalue weighted by atomic mass is 16.6. The van der Waals surface area contributed by atoms with E-state index in [2.05, 4.69) is 0 Å². The lowest BCUT2D eigenvalue weighted by Gasteiger charge is -2.12. The Balaban J connectivity index is 2.57. The molecule has 0 bridgehead atoms. The minimum absolute atomic E-state index is 0.135. The number of nitro groups is 1. The predicted molar refractivity (Wildman–Crippen MR) is 90.5 cm³/mol. The van der Waals surface area contributed by atoms with Gasteiger partial charge < -0.3 is 19.9 Å². The van der Waals surface area contributed by atoms with Crippen LogP contribution in [0.1, 0.15) is 11.1 Å². The highest BCUT2D eigenvalue weighted by molar-refractivity contribution is 5.82. The molecular weight excluding hydrogens is 312 g/mol. The van der Waals surface area contributed by atoms with Gasteiger partial charge in [0, 0.05) is 23.9 Å². The van der Waals surface area contributed by atoms with Crippen LogP contribution in [0, 0.1) is 10.1 Å². The van der Waals surface area contributed by atoms with Crippen molar-refractivity contribution < 1.29 is 19.1 Å². The molecule has 0 fully saturated rings. The fraction of sp³-hybridized carbons (Fsp3) is 0.176. The van der Waals surface area contributed by atoms with Crippen molar-refractivity contribution in [3.63, 3.8) is 0 Å². The number of nitrogens with zero attached hydrogens (tertiary/aromatic N) is 1. The van der Waals surface area contributed by atoms with Crippen LogP contribution < -0.4 is 19.9 Å². The summed E-state index contributed by atoms with van der Waals surface area (Å²) in [5.74, 6) is 1.36. The summed E-state index contributed by atoms with van der Waals surface area (Å²) < 4.78 is 15.5. The van der Waals surface area contributed by atoms with Gasteiger partial charge in [0.2, 0.25) is 0 Å². The Bertz CT molecular complexity index is 764. The van der Waals surface area contributed by atoms with Crippen LogP contribution in [0.25, 0.3) is 5.57 Å². The number of ether oxygens (including phenoxy) is 3. The van der Waals surface area contributed by atoms with Gasteiger partial charge in [0.25, 0.3) is 0 Å². The largest absolute Gasteiger partial charge is 0.497 e. The van der Waals surface area contributed by atoms with Gasteiger partial charge in [-0.05, 0) is 29.3 Å². The first kappa shape index (κ1) is 17.1. The zero-order chi connectivity index (χ0) is 17.7. The summed E-state index contributed by atoms with van der Waals surface area (Å²) in [6.07, 6.45) is 1.39. The van der Waals surface area contributed by atoms with Crippen molar-refractivity contribution >= 4 is 11.3 Å². The molecule has 0 aromatic heterocycles. The Morgan fingerprint density at radius 3 is 2.08 bits per heavy atom. The van der Waals surface area contributed by atoms with E-state index in [4.69, 9.17) is 19.9 Å². The summed E-state index contributed by atoms with van der Waals surface area (Å²) in [6, 6.07) is 9.94. The third kappa shape index (κ3) is 3.40. The van der Waals surface area contributed by atoms with Crippen molar-refractivity contribution in [1.82, 2.24) is 0 Å². The number of nitro benzene ring substituents is 1. The molecule has 2 rings (SSSR count). The maximum atomic E-state index is 11.2. The predicted octanol–water partition coefficient (Wildman–Crippen LogP) is 2.97. The number of hydrogen-bond acceptors (Lipinski definition) is 6. The third-order valence-electron chi connectivity index (χ3n) is 3.52. The minimum Gasteiger partial charge on any atom is -0.497 e. The molecule has 0 atom stereocenters. The van der Waals surface area contributed by atoms with E-state index in [1.54, 1.807) is 38.5 Å². The average Bonchev–Trinajstić information content (AvgIpc) is 2.61. The van der Waals surface area contributed by atoms with Gasteiger partial charge >= 0.3 is 5.69 Å². The highest BCUT2D eigenvalue weighted by Gasteiger charge is 2.18. The van der Waals surface area contributed by atoms with Gasteiger partial charge in [0.05, 0.1) is 26.3 Å². The lowest BCUT2D eigenvalue weighted by Crippen LogP contribution is -1.98. The number of hydrogen-bond donors (Lipinski definition) is 1. The van der Waals surface area contributed by atoms with E-state index in [0.29, 0.717) is 28.2 Å². The van der Waals surface area contributed by atoms with E-state index in [9.17, 15) is 10.1 Å². The first-order valence-corrected chi connectivity index (χ1v) is 7.02. The first-order valence-electron chi connectivity index (χ1n) is 7.02. The molecule has 2 N–H and O–H groups in total. The summed E-state index contributed by atoms with van der Waals surface area (Å²) in [5, 5.41) is 11.2. The molecule has 0 radical (unpaired) electrons. The van der Waals surface area contributed by atoms with E-state index in [0.717, 1.165) is 0 Å². The standard InChI is InChI=1S/C17H18N2O5/c1-22-13-6-12(7-14(9-13)23-2)15(10-18)11-4-5-17(24-3)16(8-11)19(20)21/h4-10H,18H2,1-3H3. The van der Waals surface area contributed by atoms with Crippen LogP contribution in [0.5, 0.6) is 17.2 Å². The molecule has 126 valence electrons. The molecular formula is C17H18N2O5. The molecule has 0 amide bonds. The summed E-state index contributed by atoms with van der Waals surface area (Å²) in [5.41, 5.74) is 7.55. The Hall–Kier alpha value is -3.22. The number of rotatable bonds is 6. The molecule has 0 unspecified atom stereocenters. The number of nitrogens with two attached hydrogens (primary N) is 1. The van der Waals surface area contributed by atoms with E-state index in [1.165, 1.54) is 25.4 Å². The van der Waals surface area contributed by atoms with Crippen LogP contribution in [-0.2, 0) is 0 Å². The van der Waals surface area contributed by atoms with Crippen molar-refractivity contribution in [3.05, 3.63) is 63.8 Å². The quantitative estimate of drug-likeness (QED) is 0.646. The SMILES string of the molecule is COc1cc(OC)cc(C(=CN)c2ccc(OC)c([N+](=O)[O-])c2)c1. The van der Waals surface area contributed by atoms with Gasteiger partial charge in [-0.15, -0.1) is 0 Å². The van der Waals surface area contributed by atoms with Crippen LogP contribution in [0.15, 0.2) is 42.6 Å². The van der Waals surface area contributed by atoms with Crippen LogP contribution in [0.4, 0.5) is 5.69 Å². The van der Waals surface area contributed by atoms with Crippen molar-refractivity contribution in [2.75, 3.05) is 21.3 Å². The fourth-order valence-electron chi connectivity index (χ4n) is 2.32. The topological polar surface area (TPSA) is 96.9 Å². The first-order chi connectivity index (χ1) is 11.5. The van der Waals surface area contributed by atoms with Gasteiger partial charge in [-0.3, -0.25) is 10.1 Å². The van der Waals surface area contributed by atoms with Gasteiger partial charge in [-0.2, -0.15) is 0 Å². The molecule has 7 nitrogen and oxygen atoms in total. The molecule has 0 saturated carbocycles. The van der Waals surface area contributed by atoms with E-state index >= 15 is 0 Å². The Labute approximate surface area is 139 Å². The summed E-state index contributed by atoms with van der Waals surface area (Å²) in [4.78, 5) is 10.7. The van der Waals surface area contributed by atoms with E-state index < -0.39 is 4.92 Å². The molecule has 0 aliphatic carbocycles. The van der Waals surface area contributed by atoms with Crippen molar-refractivity contribution in [2.24, 2.45) is 5.73 Å². The molecule has 7 heteroatoms. The van der Waals surface area contributed by atoms with Crippen molar-refractivity contribution in [2.45, 2.75) is 0 Å². The zero-order valence-electron chi connectivity index (χ0n) is 13.6. The summed E-state index contributed by atoms with van der Waals surface area (Å²) in [6.45, 7) is 0. The lowest BCUT2D eigenvalue weighted by atomic mass is 9.97. The van der Waals surface area contributed by atoms with Crippen LogP contribution in [-0.4, -0.2) is 26.3 Å². The van der Waals surface area contributed by atoms with Gasteiger partial charge in [0.1, 0.15) is 11.5 Å². The molecule has 0 heterocycles. The maximum absolute atomic E-state index is 11.2. The summed E-state index contributed by atoms with van der Waals surface area (Å²) >= 11 is 0. The van der Waals surface area contributed by atoms with E-state index in [1.807, 2.05) is 0 Å². The molecule has 2 aromatic carbocycles. The minimum atomic E-state index is -0.497. The average molecular weight is 330 g/mol. The Morgan fingerprint density at radius 1 is 1.00 bits per heavy atom. The second-order valence-corrected chi connectivity index (χ2v) is 4.83. The maximum Gasteiger partial charge on any atom is 0.311 e.